The van der Waals surface area contributed by atoms with Crippen molar-refractivity contribution in [3.8, 4) is 0 Å². The highest BCUT2D eigenvalue weighted by atomic mass is 16.6. The molecule has 24 heavy (non-hydrogen) atoms. The lowest BCUT2D eigenvalue weighted by molar-refractivity contribution is -0.151. The van der Waals surface area contributed by atoms with Crippen molar-refractivity contribution in [2.45, 2.75) is 79.4 Å². The van der Waals surface area contributed by atoms with Crippen LogP contribution in [0.25, 0.3) is 0 Å². The van der Waals surface area contributed by atoms with E-state index in [0.717, 1.165) is 24.8 Å². The first kappa shape index (κ1) is 17.7. The molecule has 3 rings (SSSR count). The molecule has 3 nitrogen and oxygen atoms in total. The summed E-state index contributed by atoms with van der Waals surface area (Å²) in [6.45, 7) is 12.1. The Kier molecular flexibility index (Phi) is 4.23. The summed E-state index contributed by atoms with van der Waals surface area (Å²) in [5, 5.41) is 9.91. The quantitative estimate of drug-likeness (QED) is 0.599. The second-order valence-electron chi connectivity index (χ2n) is 8.96. The summed E-state index contributed by atoms with van der Waals surface area (Å²) in [6.07, 6.45) is 9.50. The van der Waals surface area contributed by atoms with Crippen LogP contribution < -0.4 is 0 Å². The zero-order valence-corrected chi connectivity index (χ0v) is 15.8. The monoisotopic (exact) mass is 332 g/mol. The highest BCUT2D eigenvalue weighted by molar-refractivity contribution is 5.85. The van der Waals surface area contributed by atoms with Gasteiger partial charge in [-0.25, -0.2) is 4.79 Å². The summed E-state index contributed by atoms with van der Waals surface area (Å²) in [6, 6.07) is 0. The van der Waals surface area contributed by atoms with E-state index < -0.39 is 12.3 Å². The Morgan fingerprint density at radius 3 is 2.62 bits per heavy atom. The smallest absolute Gasteiger partial charge is 0.333 e. The highest BCUT2D eigenvalue weighted by Crippen LogP contribution is 2.69. The largest absolute Gasteiger partial charge is 0.429 e. The van der Waals surface area contributed by atoms with Crippen molar-refractivity contribution >= 4 is 5.97 Å². The van der Waals surface area contributed by atoms with Crippen molar-refractivity contribution in [3.63, 3.8) is 0 Å². The minimum Gasteiger partial charge on any atom is -0.429 e. The molecule has 0 aromatic carbocycles. The Bertz CT molecular complexity index is 604. The van der Waals surface area contributed by atoms with Crippen molar-refractivity contribution in [1.29, 1.82) is 0 Å². The van der Waals surface area contributed by atoms with Gasteiger partial charge >= 0.3 is 5.97 Å². The standard InChI is InChI=1S/C21H32O3/c1-14-7-6-10-21(5)19(14,3)11-8-15(2)20(21,4)12-9-16-13-17(22)24-18(16)23/h7,13,15,18,23H,6,8-12H2,1-5H3/t15-,18+,19+,20+,21+/m1/s1. The van der Waals surface area contributed by atoms with Crippen LogP contribution in [0.2, 0.25) is 0 Å². The molecule has 1 N–H and O–H groups in total. The number of aliphatic hydroxyl groups is 1. The summed E-state index contributed by atoms with van der Waals surface area (Å²) in [5.74, 6) is 0.226. The fourth-order valence-electron chi connectivity index (χ4n) is 5.83. The number of carbonyl (C=O) groups excluding carboxylic acids is 1. The van der Waals surface area contributed by atoms with E-state index in [9.17, 15) is 9.90 Å². The van der Waals surface area contributed by atoms with E-state index in [2.05, 4.69) is 40.7 Å². The van der Waals surface area contributed by atoms with Crippen molar-refractivity contribution in [2.75, 3.05) is 0 Å². The van der Waals surface area contributed by atoms with Crippen LogP contribution >= 0.6 is 0 Å². The van der Waals surface area contributed by atoms with Gasteiger partial charge in [-0.3, -0.25) is 0 Å². The van der Waals surface area contributed by atoms with Gasteiger partial charge in [-0.05, 0) is 67.6 Å². The molecule has 0 bridgehead atoms. The SMILES string of the molecule is CC1=CCC[C@@]2(C)[C@@]1(C)CC[C@@H](C)[C@]2(C)CCC1=CC(=O)O[C@@H]1O. The molecule has 3 heteroatoms. The first-order valence-corrected chi connectivity index (χ1v) is 9.40. The number of hydrogen-bond donors (Lipinski definition) is 1. The summed E-state index contributed by atoms with van der Waals surface area (Å²) in [7, 11) is 0. The number of hydrogen-bond acceptors (Lipinski definition) is 3. The van der Waals surface area contributed by atoms with Gasteiger partial charge < -0.3 is 9.84 Å². The van der Waals surface area contributed by atoms with E-state index in [1.807, 2.05) is 0 Å². The van der Waals surface area contributed by atoms with Gasteiger partial charge in [-0.2, -0.15) is 0 Å². The molecule has 1 aliphatic heterocycles. The van der Waals surface area contributed by atoms with Crippen molar-refractivity contribution < 1.29 is 14.6 Å². The lowest BCUT2D eigenvalue weighted by atomic mass is 9.39. The van der Waals surface area contributed by atoms with E-state index in [4.69, 9.17) is 4.74 Å². The fourth-order valence-corrected chi connectivity index (χ4v) is 5.83. The Morgan fingerprint density at radius 1 is 1.29 bits per heavy atom. The second-order valence-corrected chi connectivity index (χ2v) is 8.96. The molecule has 0 unspecified atom stereocenters. The molecule has 0 aromatic heterocycles. The van der Waals surface area contributed by atoms with Gasteiger partial charge in [-0.15, -0.1) is 0 Å². The van der Waals surface area contributed by atoms with Crippen LogP contribution in [0.3, 0.4) is 0 Å². The molecule has 1 heterocycles. The third-order valence-electron chi connectivity index (χ3n) is 8.39. The molecule has 0 radical (unpaired) electrons. The Hall–Kier alpha value is -1.09. The molecule has 1 fully saturated rings. The highest BCUT2D eigenvalue weighted by Gasteiger charge is 2.60. The molecule has 0 aromatic rings. The zero-order chi connectivity index (χ0) is 17.8. The molecular formula is C21H32O3. The fraction of sp³-hybridized carbons (Fsp3) is 0.762. The molecule has 2 aliphatic carbocycles. The van der Waals surface area contributed by atoms with Gasteiger partial charge in [0.2, 0.25) is 6.29 Å². The van der Waals surface area contributed by atoms with Crippen molar-refractivity contribution in [1.82, 2.24) is 0 Å². The van der Waals surface area contributed by atoms with Crippen LogP contribution in [0.5, 0.6) is 0 Å². The van der Waals surface area contributed by atoms with Crippen LogP contribution in [0.4, 0.5) is 0 Å². The minimum absolute atomic E-state index is 0.182. The van der Waals surface area contributed by atoms with Crippen LogP contribution in [-0.2, 0) is 9.53 Å². The second kappa shape index (κ2) is 5.72. The molecule has 5 atom stereocenters. The summed E-state index contributed by atoms with van der Waals surface area (Å²) >= 11 is 0. The van der Waals surface area contributed by atoms with E-state index >= 15 is 0 Å². The predicted molar refractivity (Wildman–Crippen MR) is 95.1 cm³/mol. The van der Waals surface area contributed by atoms with Gasteiger partial charge in [0.05, 0.1) is 0 Å². The number of rotatable bonds is 3. The number of cyclic esters (lactones) is 1. The van der Waals surface area contributed by atoms with Gasteiger partial charge in [0.15, 0.2) is 0 Å². The molecule has 3 aliphatic rings. The third kappa shape index (κ3) is 2.31. The van der Waals surface area contributed by atoms with Crippen LogP contribution in [0, 0.1) is 22.2 Å². The maximum Gasteiger partial charge on any atom is 0.333 e. The number of ether oxygens (including phenoxy) is 1. The number of carbonyl (C=O) groups is 1. The molecular weight excluding hydrogens is 300 g/mol. The van der Waals surface area contributed by atoms with Gasteiger partial charge in [-0.1, -0.05) is 39.3 Å². The first-order valence-electron chi connectivity index (χ1n) is 9.40. The van der Waals surface area contributed by atoms with E-state index in [1.54, 1.807) is 5.57 Å². The molecule has 134 valence electrons. The average molecular weight is 332 g/mol. The van der Waals surface area contributed by atoms with Crippen LogP contribution in [0.15, 0.2) is 23.3 Å². The maximum absolute atomic E-state index is 11.4. The first-order chi connectivity index (χ1) is 11.1. The van der Waals surface area contributed by atoms with Gasteiger partial charge in [0, 0.05) is 11.6 Å². The van der Waals surface area contributed by atoms with Crippen molar-refractivity contribution in [2.24, 2.45) is 22.2 Å². The number of allylic oxidation sites excluding steroid dienone is 2. The Morgan fingerprint density at radius 2 is 2.00 bits per heavy atom. The Labute approximate surface area is 146 Å². The lowest BCUT2D eigenvalue weighted by Gasteiger charge is -2.65. The van der Waals surface area contributed by atoms with E-state index in [-0.39, 0.29) is 16.2 Å². The number of esters is 1. The van der Waals surface area contributed by atoms with Crippen molar-refractivity contribution in [3.05, 3.63) is 23.3 Å². The molecule has 0 saturated heterocycles. The average Bonchev–Trinajstić information content (AvgIpc) is 2.84. The molecule has 0 spiro atoms. The third-order valence-corrected chi connectivity index (χ3v) is 8.39. The number of aliphatic hydroxyl groups excluding tert-OH is 1. The summed E-state index contributed by atoms with van der Waals surface area (Å²) < 4.78 is 4.86. The number of fused-ring (bicyclic) bond motifs is 1. The summed E-state index contributed by atoms with van der Waals surface area (Å²) in [4.78, 5) is 11.4. The normalized spacial score (nSPS) is 45.3. The molecule has 1 saturated carbocycles. The van der Waals surface area contributed by atoms with E-state index in [1.165, 1.54) is 25.3 Å². The topological polar surface area (TPSA) is 46.5 Å². The predicted octanol–water partition coefficient (Wildman–Crippen LogP) is 4.76. The zero-order valence-electron chi connectivity index (χ0n) is 15.8. The van der Waals surface area contributed by atoms with E-state index in [0.29, 0.717) is 5.92 Å². The summed E-state index contributed by atoms with van der Waals surface area (Å²) in [5.41, 5.74) is 2.97. The van der Waals surface area contributed by atoms with Gasteiger partial charge in [0.1, 0.15) is 0 Å². The molecule has 0 amide bonds. The maximum atomic E-state index is 11.4. The van der Waals surface area contributed by atoms with Crippen LogP contribution in [0.1, 0.15) is 73.1 Å². The lowest BCUT2D eigenvalue weighted by Crippen LogP contribution is -2.57. The van der Waals surface area contributed by atoms with Gasteiger partial charge in [0.25, 0.3) is 0 Å². The minimum atomic E-state index is -1.04. The Balaban J connectivity index is 1.90. The van der Waals surface area contributed by atoms with Crippen LogP contribution in [-0.4, -0.2) is 17.4 Å².